The zero-order valence-corrected chi connectivity index (χ0v) is 16.0. The fraction of sp³-hybridized carbons (Fsp3) is 0.500. The van der Waals surface area contributed by atoms with Gasteiger partial charge in [0.15, 0.2) is 5.96 Å². The van der Waals surface area contributed by atoms with E-state index in [0.29, 0.717) is 37.6 Å². The van der Waals surface area contributed by atoms with Crippen molar-refractivity contribution in [3.05, 3.63) is 34.1 Å². The third kappa shape index (κ3) is 9.26. The SMILES string of the molecule is CCOCCCN=C(N)NCCc1cc(Br)ccc1F.I. The first-order chi connectivity index (χ1) is 9.63. The number of aliphatic imine (C=N–C) groups is 1. The summed E-state index contributed by atoms with van der Waals surface area (Å²) in [6, 6.07) is 4.90. The van der Waals surface area contributed by atoms with E-state index >= 15 is 0 Å². The third-order valence-corrected chi connectivity index (χ3v) is 3.13. The molecule has 120 valence electrons. The second kappa shape index (κ2) is 12.2. The van der Waals surface area contributed by atoms with Gasteiger partial charge in [0, 0.05) is 30.8 Å². The van der Waals surface area contributed by atoms with Gasteiger partial charge in [-0.15, -0.1) is 24.0 Å². The average molecular weight is 474 g/mol. The molecule has 0 atom stereocenters. The summed E-state index contributed by atoms with van der Waals surface area (Å²) < 4.78 is 19.6. The molecule has 0 aromatic heterocycles. The van der Waals surface area contributed by atoms with Crippen LogP contribution in [-0.4, -0.2) is 32.3 Å². The van der Waals surface area contributed by atoms with E-state index in [1.165, 1.54) is 6.07 Å². The number of rotatable bonds is 8. The number of nitrogens with two attached hydrogens (primary N) is 1. The second-order valence-corrected chi connectivity index (χ2v) is 5.15. The van der Waals surface area contributed by atoms with E-state index in [-0.39, 0.29) is 29.8 Å². The molecule has 0 aliphatic heterocycles. The lowest BCUT2D eigenvalue weighted by Gasteiger charge is -2.07. The molecule has 0 heterocycles. The number of benzene rings is 1. The van der Waals surface area contributed by atoms with Crippen molar-refractivity contribution in [1.29, 1.82) is 0 Å². The van der Waals surface area contributed by atoms with Crippen molar-refractivity contribution in [2.24, 2.45) is 10.7 Å². The van der Waals surface area contributed by atoms with Crippen LogP contribution in [0, 0.1) is 5.82 Å². The minimum absolute atomic E-state index is 0. The van der Waals surface area contributed by atoms with Crippen LogP contribution < -0.4 is 11.1 Å². The van der Waals surface area contributed by atoms with Gasteiger partial charge in [-0.2, -0.15) is 0 Å². The molecule has 1 aromatic carbocycles. The second-order valence-electron chi connectivity index (χ2n) is 4.23. The summed E-state index contributed by atoms with van der Waals surface area (Å²) in [7, 11) is 0. The van der Waals surface area contributed by atoms with E-state index in [9.17, 15) is 4.39 Å². The lowest BCUT2D eigenvalue weighted by molar-refractivity contribution is 0.146. The highest BCUT2D eigenvalue weighted by molar-refractivity contribution is 14.0. The molecule has 21 heavy (non-hydrogen) atoms. The molecule has 0 aliphatic carbocycles. The molecule has 0 radical (unpaired) electrons. The fourth-order valence-electron chi connectivity index (χ4n) is 1.63. The molecule has 0 unspecified atom stereocenters. The van der Waals surface area contributed by atoms with Crippen LogP contribution in [0.3, 0.4) is 0 Å². The van der Waals surface area contributed by atoms with E-state index in [1.54, 1.807) is 12.1 Å². The number of guanidine groups is 1. The number of hydrogen-bond acceptors (Lipinski definition) is 2. The van der Waals surface area contributed by atoms with Crippen molar-refractivity contribution in [1.82, 2.24) is 5.32 Å². The normalized spacial score (nSPS) is 11.1. The first-order valence-corrected chi connectivity index (χ1v) is 7.48. The molecule has 0 saturated carbocycles. The third-order valence-electron chi connectivity index (χ3n) is 2.64. The van der Waals surface area contributed by atoms with Crippen molar-refractivity contribution in [3.8, 4) is 0 Å². The number of hydrogen-bond donors (Lipinski definition) is 2. The standard InChI is InChI=1S/C14H21BrFN3O.HI/c1-2-20-9-3-7-18-14(17)19-8-6-11-10-12(15)4-5-13(11)16;/h4-5,10H,2-3,6-9H2,1H3,(H3,17,18,19);1H. The van der Waals surface area contributed by atoms with Gasteiger partial charge >= 0.3 is 0 Å². The molecule has 0 spiro atoms. The summed E-state index contributed by atoms with van der Waals surface area (Å²) in [5, 5.41) is 2.97. The quantitative estimate of drug-likeness (QED) is 0.264. The van der Waals surface area contributed by atoms with Gasteiger partial charge in [0.25, 0.3) is 0 Å². The van der Waals surface area contributed by atoms with E-state index < -0.39 is 0 Å². The van der Waals surface area contributed by atoms with E-state index in [1.807, 2.05) is 6.92 Å². The highest BCUT2D eigenvalue weighted by Gasteiger charge is 2.02. The molecule has 0 saturated heterocycles. The summed E-state index contributed by atoms with van der Waals surface area (Å²) in [4.78, 5) is 4.17. The van der Waals surface area contributed by atoms with Crippen LogP contribution >= 0.6 is 39.9 Å². The molecule has 0 amide bonds. The van der Waals surface area contributed by atoms with Crippen LogP contribution in [0.5, 0.6) is 0 Å². The highest BCUT2D eigenvalue weighted by atomic mass is 127. The van der Waals surface area contributed by atoms with Crippen molar-refractivity contribution < 1.29 is 9.13 Å². The summed E-state index contributed by atoms with van der Waals surface area (Å²) in [5.74, 6) is 0.180. The van der Waals surface area contributed by atoms with Crippen molar-refractivity contribution >= 4 is 45.9 Å². The fourth-order valence-corrected chi connectivity index (χ4v) is 2.03. The van der Waals surface area contributed by atoms with Crippen LogP contribution in [-0.2, 0) is 11.2 Å². The minimum atomic E-state index is -0.206. The Bertz CT molecular complexity index is 446. The zero-order valence-electron chi connectivity index (χ0n) is 12.1. The van der Waals surface area contributed by atoms with Crippen LogP contribution in [0.2, 0.25) is 0 Å². The Balaban J connectivity index is 0.00000400. The Morgan fingerprint density at radius 2 is 2.24 bits per heavy atom. The maximum absolute atomic E-state index is 13.5. The Kier molecular flexibility index (Phi) is 11.9. The Morgan fingerprint density at radius 3 is 2.95 bits per heavy atom. The molecule has 0 aliphatic rings. The first-order valence-electron chi connectivity index (χ1n) is 6.69. The Labute approximate surface area is 150 Å². The van der Waals surface area contributed by atoms with Gasteiger partial charge in [-0.05, 0) is 43.5 Å². The van der Waals surface area contributed by atoms with Gasteiger partial charge in [-0.3, -0.25) is 4.99 Å². The number of halogens is 3. The minimum Gasteiger partial charge on any atom is -0.382 e. The van der Waals surface area contributed by atoms with Crippen LogP contribution in [0.4, 0.5) is 4.39 Å². The van der Waals surface area contributed by atoms with Gasteiger partial charge in [-0.25, -0.2) is 4.39 Å². The van der Waals surface area contributed by atoms with Crippen molar-refractivity contribution in [2.75, 3.05) is 26.3 Å². The summed E-state index contributed by atoms with van der Waals surface area (Å²) in [5.41, 5.74) is 6.36. The maximum Gasteiger partial charge on any atom is 0.188 e. The summed E-state index contributed by atoms with van der Waals surface area (Å²) in [6.07, 6.45) is 1.40. The molecule has 0 bridgehead atoms. The van der Waals surface area contributed by atoms with E-state index in [4.69, 9.17) is 10.5 Å². The van der Waals surface area contributed by atoms with Crippen LogP contribution in [0.15, 0.2) is 27.7 Å². The maximum atomic E-state index is 13.5. The van der Waals surface area contributed by atoms with E-state index in [0.717, 1.165) is 17.5 Å². The lowest BCUT2D eigenvalue weighted by Crippen LogP contribution is -2.33. The van der Waals surface area contributed by atoms with Gasteiger partial charge in [0.1, 0.15) is 5.82 Å². The Hall–Kier alpha value is -0.410. The van der Waals surface area contributed by atoms with Crippen molar-refractivity contribution in [3.63, 3.8) is 0 Å². The number of nitrogens with zero attached hydrogens (tertiary/aromatic N) is 1. The molecule has 7 heteroatoms. The summed E-state index contributed by atoms with van der Waals surface area (Å²) in [6.45, 7) is 4.55. The molecular weight excluding hydrogens is 452 g/mol. The average Bonchev–Trinajstić information content (AvgIpc) is 2.42. The Morgan fingerprint density at radius 1 is 1.48 bits per heavy atom. The number of ether oxygens (including phenoxy) is 1. The zero-order chi connectivity index (χ0) is 14.8. The molecule has 3 N–H and O–H groups in total. The smallest absolute Gasteiger partial charge is 0.188 e. The predicted molar refractivity (Wildman–Crippen MR) is 98.8 cm³/mol. The monoisotopic (exact) mass is 473 g/mol. The van der Waals surface area contributed by atoms with Crippen molar-refractivity contribution in [2.45, 2.75) is 19.8 Å². The van der Waals surface area contributed by atoms with Crippen LogP contribution in [0.25, 0.3) is 0 Å². The molecule has 1 aromatic rings. The first kappa shape index (κ1) is 20.6. The summed E-state index contributed by atoms with van der Waals surface area (Å²) >= 11 is 3.32. The van der Waals surface area contributed by atoms with Gasteiger partial charge in [0.05, 0.1) is 0 Å². The van der Waals surface area contributed by atoms with Gasteiger partial charge in [-0.1, -0.05) is 15.9 Å². The molecule has 1 rings (SSSR count). The van der Waals surface area contributed by atoms with Gasteiger partial charge < -0.3 is 15.8 Å². The topological polar surface area (TPSA) is 59.6 Å². The molecular formula is C14H22BrFIN3O. The lowest BCUT2D eigenvalue weighted by atomic mass is 10.1. The predicted octanol–water partition coefficient (Wildman–Crippen LogP) is 3.08. The van der Waals surface area contributed by atoms with E-state index in [2.05, 4.69) is 26.2 Å². The largest absolute Gasteiger partial charge is 0.382 e. The van der Waals surface area contributed by atoms with Crippen LogP contribution in [0.1, 0.15) is 18.9 Å². The number of nitrogens with one attached hydrogen (secondary N) is 1. The molecule has 0 fully saturated rings. The highest BCUT2D eigenvalue weighted by Crippen LogP contribution is 2.15. The van der Waals surface area contributed by atoms with Gasteiger partial charge in [0.2, 0.25) is 0 Å². The molecule has 4 nitrogen and oxygen atoms in total.